The molecule has 2 aromatic heterocycles. The number of amides is 1. The quantitative estimate of drug-likeness (QED) is 0.558. The third-order valence-electron chi connectivity index (χ3n) is 6.45. The molecule has 0 N–H and O–H groups in total. The summed E-state index contributed by atoms with van der Waals surface area (Å²) in [5, 5.41) is 4.84. The standard InChI is InChI=1S/C24H26F2N4O/c1-15-22-18(23(25)26)13-19(16-10-11-16)27-24(22)30(28-15)14-21(31)29-12-6-5-9-20(29)17-7-3-2-4-8-17/h2-4,7-8,13,16,20,23H,5-6,9-12,14H2,1H3. The van der Waals surface area contributed by atoms with Crippen molar-refractivity contribution >= 4 is 16.9 Å². The number of hydrogen-bond acceptors (Lipinski definition) is 3. The average molecular weight is 424 g/mol. The maximum absolute atomic E-state index is 13.8. The Kier molecular flexibility index (Phi) is 5.20. The predicted octanol–water partition coefficient (Wildman–Crippen LogP) is 5.31. The normalized spacial score (nSPS) is 19.4. The van der Waals surface area contributed by atoms with Crippen LogP contribution in [0.5, 0.6) is 0 Å². The van der Waals surface area contributed by atoms with Gasteiger partial charge >= 0.3 is 0 Å². The van der Waals surface area contributed by atoms with Gasteiger partial charge in [-0.2, -0.15) is 5.10 Å². The van der Waals surface area contributed by atoms with Crippen LogP contribution in [-0.4, -0.2) is 32.1 Å². The zero-order valence-corrected chi connectivity index (χ0v) is 17.6. The molecular weight excluding hydrogens is 398 g/mol. The minimum Gasteiger partial charge on any atom is -0.334 e. The summed E-state index contributed by atoms with van der Waals surface area (Å²) >= 11 is 0. The molecule has 5 nitrogen and oxygen atoms in total. The Bertz CT molecular complexity index is 1110. The number of aromatic nitrogens is 3. The molecule has 31 heavy (non-hydrogen) atoms. The van der Waals surface area contributed by atoms with E-state index in [4.69, 9.17) is 0 Å². The first-order chi connectivity index (χ1) is 15.0. The second kappa shape index (κ2) is 8.02. The topological polar surface area (TPSA) is 51.0 Å². The molecule has 1 amide bonds. The zero-order chi connectivity index (χ0) is 21.5. The van der Waals surface area contributed by atoms with E-state index in [0.29, 0.717) is 29.0 Å². The lowest BCUT2D eigenvalue weighted by atomic mass is 9.95. The van der Waals surface area contributed by atoms with Gasteiger partial charge in [-0.05, 0) is 50.7 Å². The molecule has 2 aliphatic rings. The number of carbonyl (C=O) groups excluding carboxylic acids is 1. The van der Waals surface area contributed by atoms with Crippen LogP contribution in [0.2, 0.25) is 0 Å². The first-order valence-corrected chi connectivity index (χ1v) is 11.0. The van der Waals surface area contributed by atoms with Crippen LogP contribution in [0.15, 0.2) is 36.4 Å². The monoisotopic (exact) mass is 424 g/mol. The number of aryl methyl sites for hydroxylation is 1. The molecular formula is C24H26F2N4O. The van der Waals surface area contributed by atoms with Crippen molar-refractivity contribution in [2.24, 2.45) is 0 Å². The zero-order valence-electron chi connectivity index (χ0n) is 17.6. The molecule has 1 aromatic carbocycles. The smallest absolute Gasteiger partial charge is 0.264 e. The van der Waals surface area contributed by atoms with Gasteiger partial charge in [-0.1, -0.05) is 30.3 Å². The number of carbonyl (C=O) groups is 1. The number of benzene rings is 1. The first kappa shape index (κ1) is 20.1. The molecule has 1 aliphatic carbocycles. The number of alkyl halides is 2. The van der Waals surface area contributed by atoms with E-state index in [0.717, 1.165) is 37.7 Å². The lowest BCUT2D eigenvalue weighted by molar-refractivity contribution is -0.135. The maximum Gasteiger partial charge on any atom is 0.264 e. The molecule has 7 heteroatoms. The summed E-state index contributed by atoms with van der Waals surface area (Å²) in [6.07, 6.45) is 2.32. The van der Waals surface area contributed by atoms with Gasteiger partial charge in [0.2, 0.25) is 5.91 Å². The van der Waals surface area contributed by atoms with Crippen LogP contribution in [0.25, 0.3) is 11.0 Å². The van der Waals surface area contributed by atoms with Crippen molar-refractivity contribution in [2.45, 2.75) is 64.0 Å². The van der Waals surface area contributed by atoms with E-state index in [9.17, 15) is 13.6 Å². The van der Waals surface area contributed by atoms with Crippen LogP contribution in [0.1, 0.15) is 73.0 Å². The Balaban J connectivity index is 1.49. The summed E-state index contributed by atoms with van der Waals surface area (Å²) in [5.41, 5.74) is 2.69. The van der Waals surface area contributed by atoms with E-state index >= 15 is 0 Å². The predicted molar refractivity (Wildman–Crippen MR) is 114 cm³/mol. The first-order valence-electron chi connectivity index (χ1n) is 11.0. The van der Waals surface area contributed by atoms with Crippen molar-refractivity contribution in [2.75, 3.05) is 6.54 Å². The number of halogens is 2. The summed E-state index contributed by atoms with van der Waals surface area (Å²) in [5.74, 6) is 0.195. The molecule has 0 bridgehead atoms. The Morgan fingerprint density at radius 3 is 2.65 bits per heavy atom. The van der Waals surface area contributed by atoms with Crippen molar-refractivity contribution in [1.29, 1.82) is 0 Å². The Hall–Kier alpha value is -2.83. The van der Waals surface area contributed by atoms with E-state index in [2.05, 4.69) is 22.2 Å². The van der Waals surface area contributed by atoms with Gasteiger partial charge in [0.15, 0.2) is 5.65 Å². The highest BCUT2D eigenvalue weighted by atomic mass is 19.3. The van der Waals surface area contributed by atoms with Gasteiger partial charge in [0, 0.05) is 23.7 Å². The van der Waals surface area contributed by atoms with Gasteiger partial charge in [-0.25, -0.2) is 18.4 Å². The number of fused-ring (bicyclic) bond motifs is 1. The van der Waals surface area contributed by atoms with Crippen LogP contribution < -0.4 is 0 Å². The van der Waals surface area contributed by atoms with Gasteiger partial charge in [0.05, 0.1) is 17.1 Å². The molecule has 0 radical (unpaired) electrons. The van der Waals surface area contributed by atoms with Gasteiger partial charge in [-0.3, -0.25) is 4.79 Å². The van der Waals surface area contributed by atoms with Crippen LogP contribution >= 0.6 is 0 Å². The second-order valence-electron chi connectivity index (χ2n) is 8.66. The average Bonchev–Trinajstić information content (AvgIpc) is 3.59. The number of hydrogen-bond donors (Lipinski definition) is 0. The summed E-state index contributed by atoms with van der Waals surface area (Å²) in [6.45, 7) is 2.42. The second-order valence-corrected chi connectivity index (χ2v) is 8.66. The summed E-state index contributed by atoms with van der Waals surface area (Å²) in [4.78, 5) is 19.9. The molecule has 1 unspecified atom stereocenters. The highest BCUT2D eigenvalue weighted by Gasteiger charge is 2.31. The maximum atomic E-state index is 13.8. The van der Waals surface area contributed by atoms with Crippen LogP contribution in [0, 0.1) is 6.92 Å². The SMILES string of the molecule is Cc1nn(CC(=O)N2CCCCC2c2ccccc2)c2nc(C3CC3)cc(C(F)F)c12. The van der Waals surface area contributed by atoms with Crippen LogP contribution in [0.4, 0.5) is 8.78 Å². The molecule has 1 saturated carbocycles. The molecule has 0 spiro atoms. The van der Waals surface area contributed by atoms with Crippen molar-refractivity contribution in [3.8, 4) is 0 Å². The molecule has 3 aromatic rings. The molecule has 1 atom stereocenters. The van der Waals surface area contributed by atoms with E-state index in [1.807, 2.05) is 23.1 Å². The molecule has 3 heterocycles. The number of rotatable bonds is 5. The number of likely N-dealkylation sites (tertiary alicyclic amines) is 1. The van der Waals surface area contributed by atoms with Crippen LogP contribution in [-0.2, 0) is 11.3 Å². The Morgan fingerprint density at radius 1 is 1.16 bits per heavy atom. The number of piperidine rings is 1. The van der Waals surface area contributed by atoms with Crippen molar-refractivity contribution in [3.63, 3.8) is 0 Å². The van der Waals surface area contributed by atoms with E-state index in [1.54, 1.807) is 6.92 Å². The molecule has 1 aliphatic heterocycles. The van der Waals surface area contributed by atoms with E-state index in [-0.39, 0.29) is 30.0 Å². The lowest BCUT2D eigenvalue weighted by Gasteiger charge is -2.36. The summed E-state index contributed by atoms with van der Waals surface area (Å²) in [7, 11) is 0. The van der Waals surface area contributed by atoms with Crippen molar-refractivity contribution in [1.82, 2.24) is 19.7 Å². The minimum atomic E-state index is -2.60. The van der Waals surface area contributed by atoms with Crippen molar-refractivity contribution < 1.29 is 13.6 Å². The fraction of sp³-hybridized carbons (Fsp3) is 0.458. The third kappa shape index (κ3) is 3.82. The molecule has 2 fully saturated rings. The molecule has 162 valence electrons. The fourth-order valence-corrected chi connectivity index (χ4v) is 4.75. The summed E-state index contributed by atoms with van der Waals surface area (Å²) < 4.78 is 29.1. The minimum absolute atomic E-state index is 0.0114. The van der Waals surface area contributed by atoms with Gasteiger partial charge in [0.1, 0.15) is 6.54 Å². The van der Waals surface area contributed by atoms with Gasteiger partial charge in [-0.15, -0.1) is 0 Å². The van der Waals surface area contributed by atoms with E-state index in [1.165, 1.54) is 10.7 Å². The highest BCUT2D eigenvalue weighted by molar-refractivity contribution is 5.85. The Labute approximate surface area is 180 Å². The molecule has 1 saturated heterocycles. The third-order valence-corrected chi connectivity index (χ3v) is 6.45. The van der Waals surface area contributed by atoms with E-state index < -0.39 is 6.43 Å². The van der Waals surface area contributed by atoms with Crippen molar-refractivity contribution in [3.05, 3.63) is 58.9 Å². The van der Waals surface area contributed by atoms with Gasteiger partial charge < -0.3 is 4.90 Å². The largest absolute Gasteiger partial charge is 0.334 e. The number of pyridine rings is 1. The lowest BCUT2D eigenvalue weighted by Crippen LogP contribution is -2.40. The van der Waals surface area contributed by atoms with Crippen LogP contribution in [0.3, 0.4) is 0 Å². The Morgan fingerprint density at radius 2 is 1.94 bits per heavy atom. The number of nitrogens with zero attached hydrogens (tertiary/aromatic N) is 4. The fourth-order valence-electron chi connectivity index (χ4n) is 4.75. The highest BCUT2D eigenvalue weighted by Crippen LogP contribution is 2.42. The van der Waals surface area contributed by atoms with Gasteiger partial charge in [0.25, 0.3) is 6.43 Å². The molecule has 5 rings (SSSR count). The summed E-state index contributed by atoms with van der Waals surface area (Å²) in [6, 6.07) is 11.6.